The summed E-state index contributed by atoms with van der Waals surface area (Å²) in [7, 11) is 0. The summed E-state index contributed by atoms with van der Waals surface area (Å²) in [5, 5.41) is 14.6. The van der Waals surface area contributed by atoms with Crippen molar-refractivity contribution in [2.24, 2.45) is 0 Å². The van der Waals surface area contributed by atoms with Crippen LogP contribution >= 0.6 is 22.9 Å². The van der Waals surface area contributed by atoms with Gasteiger partial charge in [-0.25, -0.2) is 4.79 Å². The number of carboxylic acids is 1. The minimum absolute atomic E-state index is 0.0979. The van der Waals surface area contributed by atoms with E-state index in [0.717, 1.165) is 16.0 Å². The number of nitrogens with one attached hydrogen (secondary N) is 2. The van der Waals surface area contributed by atoms with Crippen LogP contribution in [-0.2, 0) is 20.9 Å². The second kappa shape index (κ2) is 10.9. The van der Waals surface area contributed by atoms with E-state index in [0.29, 0.717) is 6.54 Å². The number of halogens is 1. The summed E-state index contributed by atoms with van der Waals surface area (Å²) in [4.78, 5) is 37.7. The van der Waals surface area contributed by atoms with Gasteiger partial charge in [0.05, 0.1) is 11.3 Å². The Morgan fingerprint density at radius 3 is 2.53 bits per heavy atom. The van der Waals surface area contributed by atoms with Gasteiger partial charge in [0.25, 0.3) is 0 Å². The lowest BCUT2D eigenvalue weighted by Gasteiger charge is -2.10. The molecule has 166 valence electrons. The first-order chi connectivity index (χ1) is 15.3. The first kappa shape index (κ1) is 23.5. The number of hydrogen-bond acceptors (Lipinski definition) is 5. The summed E-state index contributed by atoms with van der Waals surface area (Å²) >= 11 is 7.49. The molecule has 3 N–H and O–H groups in total. The first-order valence-electron chi connectivity index (χ1n) is 9.64. The smallest absolute Gasteiger partial charge is 0.337 e. The second-order valence-corrected chi connectivity index (χ2v) is 8.65. The lowest BCUT2D eigenvalue weighted by Crippen LogP contribution is -2.29. The molecular weight excluding hydrogens is 452 g/mol. The zero-order valence-electron chi connectivity index (χ0n) is 17.2. The molecule has 1 aromatic heterocycles. The van der Waals surface area contributed by atoms with Crippen LogP contribution in [0.4, 0.5) is 5.69 Å². The van der Waals surface area contributed by atoms with E-state index in [9.17, 15) is 19.5 Å². The van der Waals surface area contributed by atoms with Crippen LogP contribution < -0.4 is 10.6 Å². The molecule has 0 unspecified atom stereocenters. The van der Waals surface area contributed by atoms with Crippen LogP contribution in [0, 0.1) is 6.92 Å². The van der Waals surface area contributed by atoms with Crippen molar-refractivity contribution in [2.45, 2.75) is 13.5 Å². The van der Waals surface area contributed by atoms with E-state index >= 15 is 0 Å². The average Bonchev–Trinajstić information content (AvgIpc) is 3.20. The van der Waals surface area contributed by atoms with Gasteiger partial charge < -0.3 is 20.5 Å². The van der Waals surface area contributed by atoms with Gasteiger partial charge >= 0.3 is 5.97 Å². The molecule has 0 spiro atoms. The summed E-state index contributed by atoms with van der Waals surface area (Å²) in [6, 6.07) is 16.1. The average molecular weight is 473 g/mol. The summed E-state index contributed by atoms with van der Waals surface area (Å²) in [6.45, 7) is 1.68. The zero-order chi connectivity index (χ0) is 23.1. The van der Waals surface area contributed by atoms with Gasteiger partial charge in [-0.3, -0.25) is 9.59 Å². The van der Waals surface area contributed by atoms with Gasteiger partial charge in [-0.15, -0.1) is 11.3 Å². The van der Waals surface area contributed by atoms with E-state index in [2.05, 4.69) is 29.7 Å². The molecule has 0 radical (unpaired) electrons. The number of thiophene rings is 1. The van der Waals surface area contributed by atoms with Crippen molar-refractivity contribution >= 4 is 46.4 Å². The van der Waals surface area contributed by atoms with Crippen LogP contribution in [0.25, 0.3) is 10.4 Å². The minimum Gasteiger partial charge on any atom is -0.478 e. The van der Waals surface area contributed by atoms with Crippen molar-refractivity contribution in [3.05, 3.63) is 75.6 Å². The number of aryl methyl sites for hydroxylation is 1. The van der Waals surface area contributed by atoms with Crippen LogP contribution in [-0.4, -0.2) is 36.1 Å². The summed E-state index contributed by atoms with van der Waals surface area (Å²) in [5.41, 5.74) is 2.00. The number of carbonyl (C=O) groups excluding carboxylic acids is 2. The third-order valence-electron chi connectivity index (χ3n) is 4.39. The molecule has 2 aromatic carbocycles. The van der Waals surface area contributed by atoms with Crippen LogP contribution in [0.1, 0.15) is 20.8 Å². The minimum atomic E-state index is -1.22. The molecule has 0 saturated heterocycles. The van der Waals surface area contributed by atoms with E-state index in [4.69, 9.17) is 16.3 Å². The molecule has 1 heterocycles. The molecule has 0 aliphatic carbocycles. The third kappa shape index (κ3) is 6.65. The fraction of sp³-hybridized carbons (Fsp3) is 0.174. The highest BCUT2D eigenvalue weighted by Gasteiger charge is 2.14. The van der Waals surface area contributed by atoms with Gasteiger partial charge in [-0.1, -0.05) is 29.8 Å². The predicted molar refractivity (Wildman–Crippen MR) is 124 cm³/mol. The first-order valence-corrected chi connectivity index (χ1v) is 10.8. The number of carbonyl (C=O) groups is 3. The summed E-state index contributed by atoms with van der Waals surface area (Å²) < 4.78 is 5.14. The van der Waals surface area contributed by atoms with Crippen molar-refractivity contribution in [2.75, 3.05) is 18.5 Å². The van der Waals surface area contributed by atoms with E-state index in [1.807, 2.05) is 24.3 Å². The molecule has 3 aromatic rings. The number of hydrogen-bond donors (Lipinski definition) is 3. The molecule has 32 heavy (non-hydrogen) atoms. The topological polar surface area (TPSA) is 105 Å². The maximum absolute atomic E-state index is 12.0. The van der Waals surface area contributed by atoms with E-state index in [-0.39, 0.29) is 28.8 Å². The van der Waals surface area contributed by atoms with Crippen LogP contribution in [0.15, 0.2) is 54.6 Å². The predicted octanol–water partition coefficient (Wildman–Crippen LogP) is 4.35. The van der Waals surface area contributed by atoms with Crippen molar-refractivity contribution in [3.63, 3.8) is 0 Å². The molecule has 2 amide bonds. The number of carboxylic acid groups (broad SMARTS) is 1. The highest BCUT2D eigenvalue weighted by atomic mass is 35.5. The van der Waals surface area contributed by atoms with Crippen molar-refractivity contribution in [3.8, 4) is 10.4 Å². The number of benzene rings is 2. The molecule has 0 saturated carbocycles. The Hall–Kier alpha value is -3.20. The molecule has 0 fully saturated rings. The van der Waals surface area contributed by atoms with E-state index in [1.54, 1.807) is 11.3 Å². The zero-order valence-corrected chi connectivity index (χ0v) is 18.8. The lowest BCUT2D eigenvalue weighted by atomic mass is 10.1. The van der Waals surface area contributed by atoms with Crippen LogP contribution in [0.2, 0.25) is 5.02 Å². The van der Waals surface area contributed by atoms with E-state index < -0.39 is 18.5 Å². The highest BCUT2D eigenvalue weighted by molar-refractivity contribution is 7.15. The van der Waals surface area contributed by atoms with E-state index in [1.165, 1.54) is 23.1 Å². The Morgan fingerprint density at radius 2 is 1.81 bits per heavy atom. The highest BCUT2D eigenvalue weighted by Crippen LogP contribution is 2.28. The Morgan fingerprint density at radius 1 is 1.03 bits per heavy atom. The van der Waals surface area contributed by atoms with Crippen molar-refractivity contribution in [1.29, 1.82) is 0 Å². The molecule has 0 aliphatic rings. The molecular formula is C23H21ClN2O5S. The Bertz CT molecular complexity index is 1140. The van der Waals surface area contributed by atoms with Crippen molar-refractivity contribution in [1.82, 2.24) is 5.32 Å². The molecule has 0 bridgehead atoms. The standard InChI is InChI=1S/C23H21ClN2O5S/c1-14-5-8-20(32-14)16-4-2-3-15(9-16)11-25-21(27)12-31-13-22(28)26-19-7-6-17(24)10-18(19)23(29)30/h2-10H,11-13H2,1H3,(H,25,27)(H,26,28)(H,29,30). The largest absolute Gasteiger partial charge is 0.478 e. The van der Waals surface area contributed by atoms with Gasteiger partial charge in [-0.2, -0.15) is 0 Å². The monoisotopic (exact) mass is 472 g/mol. The number of ether oxygens (including phenoxy) is 1. The third-order valence-corrected chi connectivity index (χ3v) is 5.68. The Kier molecular flexibility index (Phi) is 7.99. The summed E-state index contributed by atoms with van der Waals surface area (Å²) in [5.74, 6) is -2.17. The van der Waals surface area contributed by atoms with Gasteiger partial charge in [0, 0.05) is 21.3 Å². The number of rotatable bonds is 9. The van der Waals surface area contributed by atoms with Gasteiger partial charge in [0.15, 0.2) is 0 Å². The fourth-order valence-corrected chi connectivity index (χ4v) is 3.94. The maximum Gasteiger partial charge on any atom is 0.337 e. The SMILES string of the molecule is Cc1ccc(-c2cccc(CNC(=O)COCC(=O)Nc3ccc(Cl)cc3C(=O)O)c2)s1. The van der Waals surface area contributed by atoms with Crippen LogP contribution in [0.3, 0.4) is 0 Å². The number of anilines is 1. The summed E-state index contributed by atoms with van der Waals surface area (Å²) in [6.07, 6.45) is 0. The Labute approximate surface area is 194 Å². The number of aromatic carboxylic acids is 1. The fourth-order valence-electron chi connectivity index (χ4n) is 2.90. The van der Waals surface area contributed by atoms with Crippen molar-refractivity contribution < 1.29 is 24.2 Å². The van der Waals surface area contributed by atoms with Crippen LogP contribution in [0.5, 0.6) is 0 Å². The molecule has 0 atom stereocenters. The number of amides is 2. The Balaban J connectivity index is 1.44. The molecule has 3 rings (SSSR count). The maximum atomic E-state index is 12.0. The van der Waals surface area contributed by atoms with Gasteiger partial charge in [-0.05, 0) is 54.4 Å². The molecule has 7 nitrogen and oxygen atoms in total. The van der Waals surface area contributed by atoms with Gasteiger partial charge in [0.2, 0.25) is 11.8 Å². The quantitative estimate of drug-likeness (QED) is 0.429. The van der Waals surface area contributed by atoms with Gasteiger partial charge in [0.1, 0.15) is 13.2 Å². The molecule has 9 heteroatoms. The lowest BCUT2D eigenvalue weighted by molar-refractivity contribution is -0.128. The normalized spacial score (nSPS) is 10.6. The second-order valence-electron chi connectivity index (χ2n) is 6.92. The molecule has 0 aliphatic heterocycles.